The maximum atomic E-state index is 12.6. The van der Waals surface area contributed by atoms with Crippen LogP contribution in [0.2, 0.25) is 0 Å². The molecular weight excluding hydrogens is 478 g/mol. The third-order valence-electron chi connectivity index (χ3n) is 5.09. The van der Waals surface area contributed by atoms with Crippen LogP contribution in [0.3, 0.4) is 0 Å². The van der Waals surface area contributed by atoms with Gasteiger partial charge in [-0.2, -0.15) is 5.10 Å². The second-order valence-electron chi connectivity index (χ2n) is 7.56. The average molecular weight is 506 g/mol. The van der Waals surface area contributed by atoms with E-state index in [1.807, 2.05) is 4.90 Å². The predicted octanol–water partition coefficient (Wildman–Crippen LogP) is 1.75. The molecule has 12 nitrogen and oxygen atoms in total. The maximum Gasteiger partial charge on any atom is 0.270 e. The molecule has 3 rings (SSSR count). The van der Waals surface area contributed by atoms with Gasteiger partial charge >= 0.3 is 0 Å². The third kappa shape index (κ3) is 6.90. The van der Waals surface area contributed by atoms with Gasteiger partial charge < -0.3 is 14.4 Å². The number of sulfonamides is 1. The molecule has 2 aromatic rings. The number of hydrogen-bond donors (Lipinski definition) is 1. The van der Waals surface area contributed by atoms with Gasteiger partial charge in [-0.25, -0.2) is 13.8 Å². The summed E-state index contributed by atoms with van der Waals surface area (Å²) in [6.07, 6.45) is 2.29. The Morgan fingerprint density at radius 3 is 2.66 bits per heavy atom. The normalized spacial score (nSPS) is 14.1. The van der Waals surface area contributed by atoms with Crippen LogP contribution in [0.15, 0.2) is 47.6 Å². The summed E-state index contributed by atoms with van der Waals surface area (Å²) in [7, 11) is -3.82. The zero-order chi connectivity index (χ0) is 25.4. The lowest BCUT2D eigenvalue weighted by molar-refractivity contribution is -0.384. The molecule has 1 aliphatic heterocycles. The van der Waals surface area contributed by atoms with Gasteiger partial charge in [0.05, 0.1) is 42.9 Å². The number of hydrazone groups is 1. The standard InChI is InChI=1S/C22H27N5O7S/c1-3-34-21-7-5-4-6-20(21)26(35(2,31)32)16-22(28)24-23-15-17-14-18(27(29)30)8-9-19(17)25-10-12-33-13-11-25/h4-9,14-15H,3,10-13,16H2,1-2H3,(H,24,28)/b23-15-. The Labute approximate surface area is 203 Å². The van der Waals surface area contributed by atoms with E-state index in [4.69, 9.17) is 9.47 Å². The van der Waals surface area contributed by atoms with Gasteiger partial charge in [0.15, 0.2) is 0 Å². The number of non-ortho nitro benzene ring substituents is 1. The number of anilines is 2. The van der Waals surface area contributed by atoms with Crippen LogP contribution in [-0.4, -0.2) is 71.2 Å². The van der Waals surface area contributed by atoms with Crippen LogP contribution in [0.4, 0.5) is 17.1 Å². The van der Waals surface area contributed by atoms with Gasteiger partial charge in [-0.15, -0.1) is 0 Å². The molecule has 0 spiro atoms. The fourth-order valence-electron chi connectivity index (χ4n) is 3.51. The highest BCUT2D eigenvalue weighted by Gasteiger charge is 2.24. The van der Waals surface area contributed by atoms with Crippen LogP contribution < -0.4 is 19.4 Å². The summed E-state index contributed by atoms with van der Waals surface area (Å²) in [5.74, 6) is -0.375. The Kier molecular flexibility index (Phi) is 8.60. The number of amides is 1. The highest BCUT2D eigenvalue weighted by Crippen LogP contribution is 2.29. The van der Waals surface area contributed by atoms with Crippen LogP contribution in [0.25, 0.3) is 0 Å². The van der Waals surface area contributed by atoms with Gasteiger partial charge in [-0.1, -0.05) is 12.1 Å². The molecule has 2 aromatic carbocycles. The van der Waals surface area contributed by atoms with Crippen LogP contribution in [0.1, 0.15) is 12.5 Å². The van der Waals surface area contributed by atoms with Crippen LogP contribution in [-0.2, 0) is 19.6 Å². The Balaban J connectivity index is 1.79. The summed E-state index contributed by atoms with van der Waals surface area (Å²) < 4.78 is 36.6. The predicted molar refractivity (Wildman–Crippen MR) is 132 cm³/mol. The number of hydrogen-bond acceptors (Lipinski definition) is 9. The molecule has 0 aliphatic carbocycles. The maximum absolute atomic E-state index is 12.6. The Morgan fingerprint density at radius 2 is 2.00 bits per heavy atom. The second kappa shape index (κ2) is 11.6. The van der Waals surface area contributed by atoms with Crippen LogP contribution >= 0.6 is 0 Å². The number of nitrogens with zero attached hydrogens (tertiary/aromatic N) is 4. The minimum absolute atomic E-state index is 0.120. The molecule has 35 heavy (non-hydrogen) atoms. The molecule has 13 heteroatoms. The Bertz CT molecular complexity index is 1200. The minimum atomic E-state index is -3.82. The zero-order valence-corrected chi connectivity index (χ0v) is 20.2. The van der Waals surface area contributed by atoms with Crippen molar-refractivity contribution in [3.05, 3.63) is 58.1 Å². The monoisotopic (exact) mass is 505 g/mol. The van der Waals surface area contributed by atoms with E-state index < -0.39 is 27.4 Å². The van der Waals surface area contributed by atoms with Crippen LogP contribution in [0, 0.1) is 10.1 Å². The molecule has 1 aliphatic rings. The summed E-state index contributed by atoms with van der Waals surface area (Å²) in [4.78, 5) is 25.3. The van der Waals surface area contributed by atoms with Crippen molar-refractivity contribution >= 4 is 39.2 Å². The van der Waals surface area contributed by atoms with E-state index in [2.05, 4.69) is 10.5 Å². The van der Waals surface area contributed by atoms with Crippen molar-refractivity contribution in [2.45, 2.75) is 6.92 Å². The summed E-state index contributed by atoms with van der Waals surface area (Å²) in [5.41, 5.74) is 3.55. The van der Waals surface area contributed by atoms with E-state index in [0.29, 0.717) is 49.9 Å². The minimum Gasteiger partial charge on any atom is -0.492 e. The Morgan fingerprint density at radius 1 is 1.29 bits per heavy atom. The van der Waals surface area contributed by atoms with E-state index in [1.54, 1.807) is 37.3 Å². The number of nitro groups is 1. The lowest BCUT2D eigenvalue weighted by Crippen LogP contribution is -2.39. The SMILES string of the molecule is CCOc1ccccc1N(CC(=O)N/N=C\c1cc([N+](=O)[O-])ccc1N1CCOCC1)S(C)(=O)=O. The first-order valence-electron chi connectivity index (χ1n) is 10.8. The van der Waals surface area contributed by atoms with Gasteiger partial charge in [0.2, 0.25) is 10.0 Å². The number of morpholine rings is 1. The van der Waals surface area contributed by atoms with E-state index >= 15 is 0 Å². The number of ether oxygens (including phenoxy) is 2. The summed E-state index contributed by atoms with van der Waals surface area (Å²) >= 11 is 0. The van der Waals surface area contributed by atoms with Crippen molar-refractivity contribution < 1.29 is 27.6 Å². The van der Waals surface area contributed by atoms with Gasteiger partial charge in [0.1, 0.15) is 12.3 Å². The summed E-state index contributed by atoms with van der Waals surface area (Å²) in [6, 6.07) is 10.9. The molecule has 0 bridgehead atoms. The molecule has 1 amide bonds. The first-order valence-corrected chi connectivity index (χ1v) is 12.7. The van der Waals surface area contributed by atoms with E-state index in [-0.39, 0.29) is 11.4 Å². The summed E-state index contributed by atoms with van der Waals surface area (Å²) in [5, 5.41) is 15.2. The number of benzene rings is 2. The molecule has 0 atom stereocenters. The van der Waals surface area contributed by atoms with Crippen molar-refractivity contribution in [1.82, 2.24) is 5.43 Å². The quantitative estimate of drug-likeness (QED) is 0.292. The molecule has 188 valence electrons. The lowest BCUT2D eigenvalue weighted by Gasteiger charge is -2.29. The van der Waals surface area contributed by atoms with Gasteiger partial charge in [-0.3, -0.25) is 19.2 Å². The molecular formula is C22H27N5O7S. The fourth-order valence-corrected chi connectivity index (χ4v) is 4.37. The largest absolute Gasteiger partial charge is 0.492 e. The van der Waals surface area contributed by atoms with Crippen molar-refractivity contribution in [1.29, 1.82) is 0 Å². The first kappa shape index (κ1) is 25.9. The van der Waals surface area contributed by atoms with Crippen LogP contribution in [0.5, 0.6) is 5.75 Å². The van der Waals surface area contributed by atoms with E-state index in [9.17, 15) is 23.3 Å². The number of carbonyl (C=O) groups is 1. The number of para-hydroxylation sites is 2. The third-order valence-corrected chi connectivity index (χ3v) is 6.21. The zero-order valence-electron chi connectivity index (χ0n) is 19.4. The summed E-state index contributed by atoms with van der Waals surface area (Å²) in [6.45, 7) is 3.80. The van der Waals surface area contributed by atoms with Crippen molar-refractivity contribution in [2.75, 3.05) is 54.9 Å². The molecule has 1 fully saturated rings. The number of nitro benzene ring substituents is 1. The lowest BCUT2D eigenvalue weighted by atomic mass is 10.1. The van der Waals surface area contributed by atoms with Crippen molar-refractivity contribution in [3.8, 4) is 5.75 Å². The van der Waals surface area contributed by atoms with Crippen molar-refractivity contribution in [2.24, 2.45) is 5.10 Å². The number of nitrogens with one attached hydrogen (secondary N) is 1. The Hall–Kier alpha value is -3.71. The molecule has 0 saturated carbocycles. The van der Waals surface area contributed by atoms with Crippen molar-refractivity contribution in [3.63, 3.8) is 0 Å². The molecule has 1 heterocycles. The first-order chi connectivity index (χ1) is 16.7. The van der Waals surface area contributed by atoms with Gasteiger partial charge in [0, 0.05) is 36.5 Å². The molecule has 1 saturated heterocycles. The molecule has 0 radical (unpaired) electrons. The van der Waals surface area contributed by atoms with E-state index in [1.165, 1.54) is 18.3 Å². The van der Waals surface area contributed by atoms with Gasteiger partial charge in [-0.05, 0) is 25.1 Å². The molecule has 1 N–H and O–H groups in total. The average Bonchev–Trinajstić information content (AvgIpc) is 2.83. The topological polar surface area (TPSA) is 144 Å². The van der Waals surface area contributed by atoms with E-state index in [0.717, 1.165) is 10.6 Å². The number of rotatable bonds is 10. The highest BCUT2D eigenvalue weighted by atomic mass is 32.2. The molecule has 0 unspecified atom stereocenters. The fraction of sp³-hybridized carbons (Fsp3) is 0.364. The van der Waals surface area contributed by atoms with Gasteiger partial charge in [0.25, 0.3) is 11.6 Å². The smallest absolute Gasteiger partial charge is 0.270 e. The highest BCUT2D eigenvalue weighted by molar-refractivity contribution is 7.92. The molecule has 0 aromatic heterocycles. The number of carbonyl (C=O) groups excluding carboxylic acids is 1. The second-order valence-corrected chi connectivity index (χ2v) is 9.47.